The Bertz CT molecular complexity index is 640. The summed E-state index contributed by atoms with van der Waals surface area (Å²) in [6.45, 7) is 2.32. The number of hydrogen-bond donors (Lipinski definition) is 1. The summed E-state index contributed by atoms with van der Waals surface area (Å²) in [5.41, 5.74) is 2.30. The second-order valence-corrected chi connectivity index (χ2v) is 5.71. The van der Waals surface area contributed by atoms with Crippen LogP contribution in [0.5, 0.6) is 5.75 Å². The molecule has 0 saturated heterocycles. The maximum atomic E-state index is 12.3. The van der Waals surface area contributed by atoms with Crippen LogP contribution in [0, 0.1) is 6.92 Å². The van der Waals surface area contributed by atoms with Gasteiger partial charge in [-0.2, -0.15) is 0 Å². The maximum Gasteiger partial charge on any atom is 0.254 e. The first kappa shape index (κ1) is 14.6. The third kappa shape index (κ3) is 3.39. The van der Waals surface area contributed by atoms with E-state index < -0.39 is 0 Å². The summed E-state index contributed by atoms with van der Waals surface area (Å²) in [7, 11) is 1.75. The van der Waals surface area contributed by atoms with Crippen LogP contribution < -0.4 is 0 Å². The van der Waals surface area contributed by atoms with E-state index in [0.717, 1.165) is 15.6 Å². The number of phenolic OH excluding ortho intramolecular Hbond substituents is 1. The number of carbonyl (C=O) groups excluding carboxylic acids is 1. The molecule has 1 N–H and O–H groups in total. The monoisotopic (exact) mass is 333 g/mol. The predicted molar refractivity (Wildman–Crippen MR) is 82.8 cm³/mol. The minimum absolute atomic E-state index is 0.111. The van der Waals surface area contributed by atoms with Gasteiger partial charge in [-0.1, -0.05) is 34.1 Å². The molecule has 0 heterocycles. The molecule has 0 saturated carbocycles. The van der Waals surface area contributed by atoms with E-state index in [1.165, 1.54) is 6.07 Å². The van der Waals surface area contributed by atoms with Crippen LogP contribution in [0.1, 0.15) is 21.5 Å². The summed E-state index contributed by atoms with van der Waals surface area (Å²) < 4.78 is 0.990. The largest absolute Gasteiger partial charge is 0.508 e. The van der Waals surface area contributed by atoms with Crippen LogP contribution in [0.2, 0.25) is 0 Å². The van der Waals surface area contributed by atoms with Crippen LogP contribution in [-0.4, -0.2) is 23.0 Å². The van der Waals surface area contributed by atoms with Gasteiger partial charge in [0, 0.05) is 23.6 Å². The van der Waals surface area contributed by atoms with Gasteiger partial charge in [-0.25, -0.2) is 0 Å². The average molecular weight is 334 g/mol. The molecule has 0 bridgehead atoms. The van der Waals surface area contributed by atoms with Crippen molar-refractivity contribution in [1.29, 1.82) is 0 Å². The Labute approximate surface area is 127 Å². The van der Waals surface area contributed by atoms with Gasteiger partial charge < -0.3 is 10.0 Å². The summed E-state index contributed by atoms with van der Waals surface area (Å²) in [5.74, 6) is 0.0342. The van der Waals surface area contributed by atoms with Crippen LogP contribution in [0.15, 0.2) is 46.9 Å². The number of hydrogen-bond acceptors (Lipinski definition) is 2. The van der Waals surface area contributed by atoms with Crippen molar-refractivity contribution in [3.63, 3.8) is 0 Å². The summed E-state index contributed by atoms with van der Waals surface area (Å²) in [5, 5.41) is 9.68. The average Bonchev–Trinajstić information content (AvgIpc) is 2.41. The van der Waals surface area contributed by atoms with E-state index in [4.69, 9.17) is 0 Å². The minimum atomic E-state index is -0.111. The van der Waals surface area contributed by atoms with E-state index in [1.807, 2.05) is 24.3 Å². The maximum absolute atomic E-state index is 12.3. The molecule has 0 aliphatic carbocycles. The standard InChI is InChI=1S/C16H16BrNO2/c1-11-6-7-13(9-15(11)19)16(20)18(2)10-12-4-3-5-14(17)8-12/h3-9,19H,10H2,1-2H3. The van der Waals surface area contributed by atoms with E-state index in [-0.39, 0.29) is 11.7 Å². The molecule has 3 nitrogen and oxygen atoms in total. The molecule has 2 rings (SSSR count). The lowest BCUT2D eigenvalue weighted by Gasteiger charge is -2.18. The van der Waals surface area contributed by atoms with Gasteiger partial charge in [0.2, 0.25) is 0 Å². The van der Waals surface area contributed by atoms with Gasteiger partial charge in [0.15, 0.2) is 0 Å². The number of amides is 1. The van der Waals surface area contributed by atoms with E-state index in [2.05, 4.69) is 15.9 Å². The number of rotatable bonds is 3. The lowest BCUT2D eigenvalue weighted by Crippen LogP contribution is -2.26. The Morgan fingerprint density at radius 3 is 2.65 bits per heavy atom. The van der Waals surface area contributed by atoms with Crippen LogP contribution in [0.25, 0.3) is 0 Å². The number of halogens is 1. The number of nitrogens with zero attached hydrogens (tertiary/aromatic N) is 1. The molecule has 104 valence electrons. The van der Waals surface area contributed by atoms with Gasteiger partial charge in [-0.05, 0) is 42.3 Å². The molecule has 4 heteroatoms. The second-order valence-electron chi connectivity index (χ2n) is 4.79. The Kier molecular flexibility index (Phi) is 4.45. The second kappa shape index (κ2) is 6.09. The zero-order valence-corrected chi connectivity index (χ0v) is 13.0. The quantitative estimate of drug-likeness (QED) is 0.929. The number of phenols is 1. The van der Waals surface area contributed by atoms with Gasteiger partial charge in [-0.3, -0.25) is 4.79 Å². The molecule has 0 unspecified atom stereocenters. The van der Waals surface area contributed by atoms with Crippen LogP contribution >= 0.6 is 15.9 Å². The van der Waals surface area contributed by atoms with Crippen molar-refractivity contribution in [2.75, 3.05) is 7.05 Å². The molecule has 0 atom stereocenters. The zero-order chi connectivity index (χ0) is 14.7. The van der Waals surface area contributed by atoms with Gasteiger partial charge in [0.05, 0.1) is 0 Å². The predicted octanol–water partition coefficient (Wildman–Crippen LogP) is 3.74. The molecule has 0 aliphatic heterocycles. The molecule has 2 aromatic rings. The molecule has 0 aliphatic rings. The third-order valence-electron chi connectivity index (χ3n) is 3.11. The summed E-state index contributed by atoms with van der Waals surface area (Å²) in [6, 6.07) is 12.8. The van der Waals surface area contributed by atoms with E-state index in [1.54, 1.807) is 31.0 Å². The molecular formula is C16H16BrNO2. The van der Waals surface area contributed by atoms with Crippen molar-refractivity contribution in [3.8, 4) is 5.75 Å². The molecule has 0 fully saturated rings. The number of aromatic hydroxyl groups is 1. The lowest BCUT2D eigenvalue weighted by atomic mass is 10.1. The first-order chi connectivity index (χ1) is 9.47. The molecular weight excluding hydrogens is 318 g/mol. The highest BCUT2D eigenvalue weighted by Gasteiger charge is 2.13. The van der Waals surface area contributed by atoms with Gasteiger partial charge in [0.25, 0.3) is 5.91 Å². The van der Waals surface area contributed by atoms with Crippen molar-refractivity contribution < 1.29 is 9.90 Å². The van der Waals surface area contributed by atoms with E-state index in [0.29, 0.717) is 12.1 Å². The minimum Gasteiger partial charge on any atom is -0.508 e. The fraction of sp³-hybridized carbons (Fsp3) is 0.188. The first-order valence-electron chi connectivity index (χ1n) is 6.27. The Morgan fingerprint density at radius 2 is 2.00 bits per heavy atom. The fourth-order valence-electron chi connectivity index (χ4n) is 1.94. The van der Waals surface area contributed by atoms with Crippen LogP contribution in [0.3, 0.4) is 0 Å². The fourth-order valence-corrected chi connectivity index (χ4v) is 2.39. The molecule has 0 spiro atoms. The normalized spacial score (nSPS) is 10.3. The summed E-state index contributed by atoms with van der Waals surface area (Å²) in [4.78, 5) is 13.9. The summed E-state index contributed by atoms with van der Waals surface area (Å²) >= 11 is 3.42. The number of aryl methyl sites for hydroxylation is 1. The van der Waals surface area contributed by atoms with E-state index in [9.17, 15) is 9.90 Å². The highest BCUT2D eigenvalue weighted by molar-refractivity contribution is 9.10. The van der Waals surface area contributed by atoms with Crippen molar-refractivity contribution >= 4 is 21.8 Å². The van der Waals surface area contributed by atoms with E-state index >= 15 is 0 Å². The van der Waals surface area contributed by atoms with Crippen molar-refractivity contribution in [2.45, 2.75) is 13.5 Å². The Morgan fingerprint density at radius 1 is 1.25 bits per heavy atom. The van der Waals surface area contributed by atoms with Gasteiger partial charge >= 0.3 is 0 Å². The van der Waals surface area contributed by atoms with Crippen LogP contribution in [-0.2, 0) is 6.54 Å². The van der Waals surface area contributed by atoms with Gasteiger partial charge in [0.1, 0.15) is 5.75 Å². The summed E-state index contributed by atoms with van der Waals surface area (Å²) in [6.07, 6.45) is 0. The molecule has 2 aromatic carbocycles. The molecule has 20 heavy (non-hydrogen) atoms. The van der Waals surface area contributed by atoms with Crippen molar-refractivity contribution in [3.05, 3.63) is 63.6 Å². The number of benzene rings is 2. The smallest absolute Gasteiger partial charge is 0.254 e. The highest BCUT2D eigenvalue weighted by atomic mass is 79.9. The Hall–Kier alpha value is -1.81. The van der Waals surface area contributed by atoms with Gasteiger partial charge in [-0.15, -0.1) is 0 Å². The first-order valence-corrected chi connectivity index (χ1v) is 7.06. The van der Waals surface area contributed by atoms with Crippen LogP contribution in [0.4, 0.5) is 0 Å². The highest BCUT2D eigenvalue weighted by Crippen LogP contribution is 2.19. The molecule has 1 amide bonds. The zero-order valence-electron chi connectivity index (χ0n) is 11.4. The third-order valence-corrected chi connectivity index (χ3v) is 3.60. The lowest BCUT2D eigenvalue weighted by molar-refractivity contribution is 0.0784. The topological polar surface area (TPSA) is 40.5 Å². The molecule has 0 aromatic heterocycles. The molecule has 0 radical (unpaired) electrons. The SMILES string of the molecule is Cc1ccc(C(=O)N(C)Cc2cccc(Br)c2)cc1O. The number of carbonyl (C=O) groups is 1. The van der Waals surface area contributed by atoms with Crippen molar-refractivity contribution in [2.24, 2.45) is 0 Å². The Balaban J connectivity index is 2.14. The van der Waals surface area contributed by atoms with Crippen molar-refractivity contribution in [1.82, 2.24) is 4.90 Å².